The molecule has 4 nitrogen and oxygen atoms in total. The van der Waals surface area contributed by atoms with Gasteiger partial charge in [-0.15, -0.1) is 0 Å². The number of nitrogens with zero attached hydrogens (tertiary/aromatic N) is 3. The average Bonchev–Trinajstić information content (AvgIpc) is 2.65. The first-order chi connectivity index (χ1) is 7.18. The SMILES string of the molecule is CC1CCCN1C(=O)c1cnc(Cl)nc1. The quantitative estimate of drug-likeness (QED) is 0.685. The molecule has 1 aromatic heterocycles. The van der Waals surface area contributed by atoms with Crippen LogP contribution in [0.15, 0.2) is 12.4 Å². The van der Waals surface area contributed by atoms with Crippen LogP contribution in [0.1, 0.15) is 30.1 Å². The molecule has 0 N–H and O–H groups in total. The lowest BCUT2D eigenvalue weighted by Crippen LogP contribution is -2.33. The molecular formula is C10H12ClN3O. The Balaban J connectivity index is 2.17. The van der Waals surface area contributed by atoms with E-state index in [1.165, 1.54) is 12.4 Å². The van der Waals surface area contributed by atoms with Gasteiger partial charge in [0.2, 0.25) is 5.28 Å². The lowest BCUT2D eigenvalue weighted by Gasteiger charge is -2.20. The van der Waals surface area contributed by atoms with Gasteiger partial charge in [-0.3, -0.25) is 4.79 Å². The van der Waals surface area contributed by atoms with Crippen LogP contribution in [0, 0.1) is 0 Å². The zero-order valence-corrected chi connectivity index (χ0v) is 9.24. The fourth-order valence-electron chi connectivity index (χ4n) is 1.82. The number of halogens is 1. The minimum Gasteiger partial charge on any atom is -0.336 e. The number of amides is 1. The highest BCUT2D eigenvalue weighted by atomic mass is 35.5. The number of aromatic nitrogens is 2. The Bertz CT molecular complexity index is 365. The van der Waals surface area contributed by atoms with E-state index < -0.39 is 0 Å². The van der Waals surface area contributed by atoms with Crippen molar-refractivity contribution in [2.24, 2.45) is 0 Å². The minimum absolute atomic E-state index is 0.00309. The van der Waals surface area contributed by atoms with Crippen molar-refractivity contribution in [1.82, 2.24) is 14.9 Å². The summed E-state index contributed by atoms with van der Waals surface area (Å²) in [5.74, 6) is -0.00309. The summed E-state index contributed by atoms with van der Waals surface area (Å²) < 4.78 is 0. The van der Waals surface area contributed by atoms with Gasteiger partial charge in [0.25, 0.3) is 5.91 Å². The van der Waals surface area contributed by atoms with Gasteiger partial charge in [0.15, 0.2) is 0 Å². The second-order valence-electron chi connectivity index (χ2n) is 3.73. The molecule has 0 radical (unpaired) electrons. The van der Waals surface area contributed by atoms with E-state index in [0.29, 0.717) is 11.6 Å². The van der Waals surface area contributed by atoms with Crippen molar-refractivity contribution in [2.45, 2.75) is 25.8 Å². The summed E-state index contributed by atoms with van der Waals surface area (Å²) in [6.07, 6.45) is 5.09. The van der Waals surface area contributed by atoms with Gasteiger partial charge in [0.1, 0.15) is 0 Å². The van der Waals surface area contributed by atoms with Crippen LogP contribution in [0.3, 0.4) is 0 Å². The average molecular weight is 226 g/mol. The van der Waals surface area contributed by atoms with Crippen molar-refractivity contribution in [3.05, 3.63) is 23.2 Å². The van der Waals surface area contributed by atoms with Crippen molar-refractivity contribution < 1.29 is 4.79 Å². The van der Waals surface area contributed by atoms with E-state index in [4.69, 9.17) is 11.6 Å². The van der Waals surface area contributed by atoms with Crippen LogP contribution in [0.5, 0.6) is 0 Å². The maximum Gasteiger partial charge on any atom is 0.257 e. The second kappa shape index (κ2) is 4.14. The molecule has 0 spiro atoms. The molecule has 1 fully saturated rings. The minimum atomic E-state index is -0.00309. The van der Waals surface area contributed by atoms with E-state index in [2.05, 4.69) is 16.9 Å². The molecule has 0 bridgehead atoms. The summed E-state index contributed by atoms with van der Waals surface area (Å²) in [6, 6.07) is 0.313. The second-order valence-corrected chi connectivity index (χ2v) is 4.07. The Morgan fingerprint density at radius 1 is 1.53 bits per heavy atom. The first kappa shape index (κ1) is 10.4. The van der Waals surface area contributed by atoms with E-state index in [1.54, 1.807) is 0 Å². The Morgan fingerprint density at radius 2 is 2.20 bits per heavy atom. The monoisotopic (exact) mass is 225 g/mol. The molecular weight excluding hydrogens is 214 g/mol. The van der Waals surface area contributed by atoms with Gasteiger partial charge in [-0.1, -0.05) is 0 Å². The first-order valence-electron chi connectivity index (χ1n) is 4.97. The van der Waals surface area contributed by atoms with Gasteiger partial charge in [-0.2, -0.15) is 0 Å². The third-order valence-corrected chi connectivity index (χ3v) is 2.88. The van der Waals surface area contributed by atoms with Crippen molar-refractivity contribution in [2.75, 3.05) is 6.54 Å². The van der Waals surface area contributed by atoms with E-state index in [0.717, 1.165) is 19.4 Å². The van der Waals surface area contributed by atoms with Gasteiger partial charge < -0.3 is 4.90 Å². The van der Waals surface area contributed by atoms with Crippen molar-refractivity contribution >= 4 is 17.5 Å². The number of hydrogen-bond donors (Lipinski definition) is 0. The van der Waals surface area contributed by atoms with Crippen LogP contribution in [0.25, 0.3) is 0 Å². The third kappa shape index (κ3) is 2.09. The number of hydrogen-bond acceptors (Lipinski definition) is 3. The van der Waals surface area contributed by atoms with Crippen molar-refractivity contribution in [3.63, 3.8) is 0 Å². The smallest absolute Gasteiger partial charge is 0.257 e. The molecule has 2 rings (SSSR count). The molecule has 1 saturated heterocycles. The van der Waals surface area contributed by atoms with Crippen LogP contribution < -0.4 is 0 Å². The predicted octanol–water partition coefficient (Wildman–Crippen LogP) is 1.75. The molecule has 1 aliphatic rings. The summed E-state index contributed by atoms with van der Waals surface area (Å²) in [7, 11) is 0. The highest BCUT2D eigenvalue weighted by molar-refractivity contribution is 6.28. The topological polar surface area (TPSA) is 46.1 Å². The first-order valence-corrected chi connectivity index (χ1v) is 5.35. The zero-order chi connectivity index (χ0) is 10.8. The van der Waals surface area contributed by atoms with E-state index in [9.17, 15) is 4.79 Å². The van der Waals surface area contributed by atoms with Crippen LogP contribution in [-0.4, -0.2) is 33.4 Å². The molecule has 2 heterocycles. The standard InChI is InChI=1S/C10H12ClN3O/c1-7-3-2-4-14(7)9(15)8-5-12-10(11)13-6-8/h5-7H,2-4H2,1H3. The molecule has 0 saturated carbocycles. The molecule has 1 atom stereocenters. The van der Waals surface area contributed by atoms with E-state index in [1.807, 2.05) is 4.90 Å². The van der Waals surface area contributed by atoms with Crippen LogP contribution in [0.4, 0.5) is 0 Å². The molecule has 5 heteroatoms. The van der Waals surface area contributed by atoms with Gasteiger partial charge >= 0.3 is 0 Å². The molecule has 1 amide bonds. The van der Waals surface area contributed by atoms with Gasteiger partial charge in [-0.05, 0) is 31.4 Å². The molecule has 1 unspecified atom stereocenters. The third-order valence-electron chi connectivity index (χ3n) is 2.68. The normalized spacial score (nSPS) is 20.7. The summed E-state index contributed by atoms with van der Waals surface area (Å²) in [6.45, 7) is 2.88. The fourth-order valence-corrected chi connectivity index (χ4v) is 1.92. The zero-order valence-electron chi connectivity index (χ0n) is 8.48. The van der Waals surface area contributed by atoms with Crippen molar-refractivity contribution in [3.8, 4) is 0 Å². The molecule has 0 aliphatic carbocycles. The molecule has 1 aromatic rings. The van der Waals surface area contributed by atoms with E-state index in [-0.39, 0.29) is 11.2 Å². The molecule has 1 aliphatic heterocycles. The Kier molecular flexibility index (Phi) is 2.86. The fraction of sp³-hybridized carbons (Fsp3) is 0.500. The summed E-state index contributed by atoms with van der Waals surface area (Å²) in [5, 5.41) is 0.168. The summed E-state index contributed by atoms with van der Waals surface area (Å²) in [4.78, 5) is 21.4. The number of rotatable bonds is 1. The lowest BCUT2D eigenvalue weighted by molar-refractivity contribution is 0.0746. The van der Waals surface area contributed by atoms with Gasteiger partial charge in [0.05, 0.1) is 5.56 Å². The maximum atomic E-state index is 12.0. The van der Waals surface area contributed by atoms with Crippen LogP contribution in [-0.2, 0) is 0 Å². The number of carbonyl (C=O) groups excluding carboxylic acids is 1. The molecule has 15 heavy (non-hydrogen) atoms. The Morgan fingerprint density at radius 3 is 2.73 bits per heavy atom. The van der Waals surface area contributed by atoms with Gasteiger partial charge in [-0.25, -0.2) is 9.97 Å². The summed E-state index contributed by atoms with van der Waals surface area (Å²) >= 11 is 5.56. The van der Waals surface area contributed by atoms with Gasteiger partial charge in [0, 0.05) is 25.0 Å². The maximum absolute atomic E-state index is 12.0. The lowest BCUT2D eigenvalue weighted by atomic mass is 10.2. The van der Waals surface area contributed by atoms with E-state index >= 15 is 0 Å². The van der Waals surface area contributed by atoms with Crippen LogP contribution >= 0.6 is 11.6 Å². The van der Waals surface area contributed by atoms with Crippen molar-refractivity contribution in [1.29, 1.82) is 0 Å². The largest absolute Gasteiger partial charge is 0.336 e. The molecule has 80 valence electrons. The predicted molar refractivity (Wildman–Crippen MR) is 56.8 cm³/mol. The molecule has 0 aromatic carbocycles. The Hall–Kier alpha value is -1.16. The number of carbonyl (C=O) groups is 1. The van der Waals surface area contributed by atoms with Crippen LogP contribution in [0.2, 0.25) is 5.28 Å². The highest BCUT2D eigenvalue weighted by Crippen LogP contribution is 2.18. The Labute approximate surface area is 93.3 Å². The highest BCUT2D eigenvalue weighted by Gasteiger charge is 2.26. The summed E-state index contributed by atoms with van der Waals surface area (Å²) in [5.41, 5.74) is 0.508. The number of likely N-dealkylation sites (tertiary alicyclic amines) is 1.